The van der Waals surface area contributed by atoms with Crippen molar-refractivity contribution in [2.75, 3.05) is 4.90 Å². The van der Waals surface area contributed by atoms with Crippen LogP contribution in [0.5, 0.6) is 11.5 Å². The molecular formula is C23H13N5O10. The Bertz CT molecular complexity index is 1580. The van der Waals surface area contributed by atoms with Gasteiger partial charge < -0.3 is 4.74 Å². The molecule has 190 valence electrons. The predicted octanol–water partition coefficient (Wildman–Crippen LogP) is 3.87. The third kappa shape index (κ3) is 5.01. The van der Waals surface area contributed by atoms with Crippen molar-refractivity contribution >= 4 is 46.7 Å². The molecule has 0 atom stereocenters. The third-order valence-corrected chi connectivity index (χ3v) is 5.15. The zero-order valence-electron chi connectivity index (χ0n) is 18.8. The summed E-state index contributed by atoms with van der Waals surface area (Å²) in [6, 6.07) is 12.1. The molecule has 1 aliphatic rings. The van der Waals surface area contributed by atoms with E-state index in [1.165, 1.54) is 42.5 Å². The zero-order chi connectivity index (χ0) is 27.6. The number of nitro groups is 3. The number of hydrogen-bond donors (Lipinski definition) is 1. The van der Waals surface area contributed by atoms with E-state index in [1.807, 2.05) is 5.32 Å². The molecule has 0 spiro atoms. The maximum Gasteiger partial charge on any atom is 0.335 e. The second-order valence-corrected chi connectivity index (χ2v) is 7.58. The summed E-state index contributed by atoms with van der Waals surface area (Å²) < 4.78 is 5.52. The molecule has 1 saturated heterocycles. The molecule has 3 aromatic rings. The van der Waals surface area contributed by atoms with Gasteiger partial charge in [-0.2, -0.15) is 0 Å². The van der Waals surface area contributed by atoms with E-state index >= 15 is 0 Å². The summed E-state index contributed by atoms with van der Waals surface area (Å²) in [4.78, 5) is 69.5. The van der Waals surface area contributed by atoms with Crippen LogP contribution in [0.15, 0.2) is 72.3 Å². The van der Waals surface area contributed by atoms with Crippen LogP contribution in [0, 0.1) is 30.3 Å². The maximum absolute atomic E-state index is 13.1. The van der Waals surface area contributed by atoms with Gasteiger partial charge in [0.1, 0.15) is 11.3 Å². The normalized spacial score (nSPS) is 14.3. The van der Waals surface area contributed by atoms with E-state index in [0.29, 0.717) is 4.90 Å². The van der Waals surface area contributed by atoms with Gasteiger partial charge in [0.05, 0.1) is 26.5 Å². The summed E-state index contributed by atoms with van der Waals surface area (Å²) in [5, 5.41) is 35.4. The minimum atomic E-state index is -1.10. The second kappa shape index (κ2) is 9.94. The van der Waals surface area contributed by atoms with Gasteiger partial charge in [-0.3, -0.25) is 45.2 Å². The molecule has 1 fully saturated rings. The first-order valence-electron chi connectivity index (χ1n) is 10.4. The van der Waals surface area contributed by atoms with Gasteiger partial charge in [0.25, 0.3) is 23.2 Å². The molecule has 15 heteroatoms. The Hall–Kier alpha value is -5.99. The van der Waals surface area contributed by atoms with Crippen molar-refractivity contribution in [3.63, 3.8) is 0 Å². The highest BCUT2D eigenvalue weighted by Gasteiger charge is 2.37. The standard InChI is InChI=1S/C23H13N5O10/c29-21-18(22(30)25(23(31)24-21)14-4-2-5-15(11-14)26(32)33)10-13-3-1-6-17(9-13)38-20-8-7-16(27(34)35)12-19(20)28(36)37/h1-12H,(H,24,29,31)/b18-10-. The molecule has 0 aromatic heterocycles. The number of barbiturate groups is 1. The Morgan fingerprint density at radius 3 is 2.16 bits per heavy atom. The van der Waals surface area contributed by atoms with E-state index in [9.17, 15) is 44.7 Å². The molecule has 0 unspecified atom stereocenters. The zero-order valence-corrected chi connectivity index (χ0v) is 18.8. The van der Waals surface area contributed by atoms with Crippen molar-refractivity contribution in [3.8, 4) is 11.5 Å². The number of rotatable bonds is 7. The van der Waals surface area contributed by atoms with Crippen molar-refractivity contribution in [2.45, 2.75) is 0 Å². The Balaban J connectivity index is 1.66. The summed E-state index contributed by atoms with van der Waals surface area (Å²) in [6.45, 7) is 0. The number of imide groups is 2. The van der Waals surface area contributed by atoms with E-state index in [2.05, 4.69) is 0 Å². The fourth-order valence-electron chi connectivity index (χ4n) is 3.45. The molecule has 4 amide bonds. The maximum atomic E-state index is 13.1. The van der Waals surface area contributed by atoms with Crippen molar-refractivity contribution in [3.05, 3.63) is 108 Å². The van der Waals surface area contributed by atoms with Crippen molar-refractivity contribution in [2.24, 2.45) is 0 Å². The predicted molar refractivity (Wildman–Crippen MR) is 128 cm³/mol. The largest absolute Gasteiger partial charge is 0.450 e. The molecule has 1 N–H and O–H groups in total. The highest BCUT2D eigenvalue weighted by Crippen LogP contribution is 2.35. The molecule has 15 nitrogen and oxygen atoms in total. The highest BCUT2D eigenvalue weighted by molar-refractivity contribution is 6.39. The third-order valence-electron chi connectivity index (χ3n) is 5.15. The van der Waals surface area contributed by atoms with Gasteiger partial charge in [-0.25, -0.2) is 9.69 Å². The first-order chi connectivity index (χ1) is 18.0. The van der Waals surface area contributed by atoms with Crippen LogP contribution in [0.4, 0.5) is 27.5 Å². The fourth-order valence-corrected chi connectivity index (χ4v) is 3.45. The summed E-state index contributed by atoms with van der Waals surface area (Å²) in [6.07, 6.45) is 1.13. The quantitative estimate of drug-likeness (QED) is 0.206. The number of amides is 4. The number of non-ortho nitro benzene ring substituents is 2. The molecule has 0 saturated carbocycles. The first kappa shape index (κ1) is 25.1. The lowest BCUT2D eigenvalue weighted by Crippen LogP contribution is -2.54. The number of benzene rings is 3. The minimum Gasteiger partial charge on any atom is -0.450 e. The molecule has 38 heavy (non-hydrogen) atoms. The van der Waals surface area contributed by atoms with E-state index in [4.69, 9.17) is 4.74 Å². The Kier molecular flexibility index (Phi) is 6.57. The van der Waals surface area contributed by atoms with Gasteiger partial charge in [-0.1, -0.05) is 18.2 Å². The number of anilines is 1. The molecule has 0 bridgehead atoms. The van der Waals surface area contributed by atoms with Crippen molar-refractivity contribution in [1.82, 2.24) is 5.32 Å². The molecule has 1 aliphatic heterocycles. The van der Waals surface area contributed by atoms with Crippen molar-refractivity contribution in [1.29, 1.82) is 0 Å². The smallest absolute Gasteiger partial charge is 0.335 e. The summed E-state index contributed by atoms with van der Waals surface area (Å²) in [5.74, 6) is -2.32. The van der Waals surface area contributed by atoms with Crippen LogP contribution in [-0.2, 0) is 9.59 Å². The SMILES string of the molecule is O=C1NC(=O)N(c2cccc([N+](=O)[O-])c2)C(=O)/C1=C\c1cccc(Oc2ccc([N+](=O)[O-])cc2[N+](=O)[O-])c1. The lowest BCUT2D eigenvalue weighted by Gasteiger charge is -2.26. The van der Waals surface area contributed by atoms with E-state index in [1.54, 1.807) is 0 Å². The number of hydrogen-bond acceptors (Lipinski definition) is 10. The van der Waals surface area contributed by atoms with Crippen LogP contribution in [0.1, 0.15) is 5.56 Å². The molecule has 3 aromatic carbocycles. The molecule has 0 aliphatic carbocycles. The number of nitrogens with zero attached hydrogens (tertiary/aromatic N) is 4. The van der Waals surface area contributed by atoms with Crippen LogP contribution in [-0.4, -0.2) is 32.6 Å². The molecule has 4 rings (SSSR count). The lowest BCUT2D eigenvalue weighted by molar-refractivity contribution is -0.394. The Morgan fingerprint density at radius 1 is 0.789 bits per heavy atom. The summed E-state index contributed by atoms with van der Waals surface area (Å²) in [7, 11) is 0. The number of nitro benzene ring substituents is 3. The van der Waals surface area contributed by atoms with Crippen LogP contribution in [0.25, 0.3) is 6.08 Å². The van der Waals surface area contributed by atoms with Gasteiger partial charge in [0.15, 0.2) is 0 Å². The number of nitrogens with one attached hydrogen (secondary N) is 1. The first-order valence-corrected chi connectivity index (χ1v) is 10.4. The average Bonchev–Trinajstić information content (AvgIpc) is 2.87. The molecule has 1 heterocycles. The number of urea groups is 1. The van der Waals surface area contributed by atoms with Gasteiger partial charge in [0.2, 0.25) is 5.75 Å². The van der Waals surface area contributed by atoms with Gasteiger partial charge in [-0.05, 0) is 35.9 Å². The van der Waals surface area contributed by atoms with Crippen molar-refractivity contribution < 1.29 is 33.9 Å². The Labute approximate surface area is 211 Å². The summed E-state index contributed by atoms with van der Waals surface area (Å²) >= 11 is 0. The van der Waals surface area contributed by atoms with Crippen LogP contribution in [0.2, 0.25) is 0 Å². The topological polar surface area (TPSA) is 205 Å². The van der Waals surface area contributed by atoms with Gasteiger partial charge in [0, 0.05) is 18.2 Å². The Morgan fingerprint density at radius 2 is 1.47 bits per heavy atom. The number of ether oxygens (including phenoxy) is 1. The van der Waals surface area contributed by atoms with Crippen LogP contribution >= 0.6 is 0 Å². The molecular weight excluding hydrogens is 506 g/mol. The van der Waals surface area contributed by atoms with Crippen LogP contribution in [0.3, 0.4) is 0 Å². The number of carbonyl (C=O) groups excluding carboxylic acids is 3. The fraction of sp³-hybridized carbons (Fsp3) is 0. The van der Waals surface area contributed by atoms with Crippen LogP contribution < -0.4 is 15.0 Å². The van der Waals surface area contributed by atoms with E-state index < -0.39 is 49.6 Å². The van der Waals surface area contributed by atoms with E-state index in [0.717, 1.165) is 30.3 Å². The number of carbonyl (C=O) groups is 3. The van der Waals surface area contributed by atoms with Gasteiger partial charge >= 0.3 is 11.7 Å². The average molecular weight is 519 g/mol. The summed E-state index contributed by atoms with van der Waals surface area (Å²) in [5.41, 5.74) is -1.94. The minimum absolute atomic E-state index is 0.0339. The van der Waals surface area contributed by atoms with E-state index in [-0.39, 0.29) is 28.4 Å². The van der Waals surface area contributed by atoms with Gasteiger partial charge in [-0.15, -0.1) is 0 Å². The second-order valence-electron chi connectivity index (χ2n) is 7.58. The highest BCUT2D eigenvalue weighted by atomic mass is 16.6. The lowest BCUT2D eigenvalue weighted by atomic mass is 10.1. The molecule has 0 radical (unpaired) electrons. The monoisotopic (exact) mass is 519 g/mol.